The zero-order chi connectivity index (χ0) is 18.4. The van der Waals surface area contributed by atoms with Crippen LogP contribution in [0.1, 0.15) is 16.4 Å². The average molecular weight is 386 g/mol. The van der Waals surface area contributed by atoms with E-state index < -0.39 is 15.1 Å². The number of nitrogens with one attached hydrogen (secondary N) is 1. The third kappa shape index (κ3) is 4.39. The average Bonchev–Trinajstić information content (AvgIpc) is 3.19. The van der Waals surface area contributed by atoms with E-state index in [1.807, 2.05) is 36.4 Å². The van der Waals surface area contributed by atoms with E-state index >= 15 is 0 Å². The van der Waals surface area contributed by atoms with Crippen LogP contribution in [0.2, 0.25) is 0 Å². The van der Waals surface area contributed by atoms with Crippen LogP contribution in [0.3, 0.4) is 0 Å². The van der Waals surface area contributed by atoms with Crippen molar-refractivity contribution in [3.8, 4) is 0 Å². The Morgan fingerprint density at radius 1 is 0.923 bits per heavy atom. The monoisotopic (exact) mass is 385 g/mol. The lowest BCUT2D eigenvalue weighted by Crippen LogP contribution is -2.32. The maximum atomic E-state index is 13.0. The van der Waals surface area contributed by atoms with Crippen LogP contribution < -0.4 is 5.32 Å². The molecular weight excluding hydrogens is 366 g/mol. The lowest BCUT2D eigenvalue weighted by Gasteiger charge is -2.18. The predicted octanol–water partition coefficient (Wildman–Crippen LogP) is 3.62. The van der Waals surface area contributed by atoms with E-state index in [1.165, 1.54) is 11.3 Å². The summed E-state index contributed by atoms with van der Waals surface area (Å²) < 4.78 is 26.4. The summed E-state index contributed by atoms with van der Waals surface area (Å²) in [5.41, 5.74) is 1.56. The highest BCUT2D eigenvalue weighted by molar-refractivity contribution is 7.93. The summed E-state index contributed by atoms with van der Waals surface area (Å²) in [6.45, 7) is 0.0376. The molecule has 134 valence electrons. The Kier molecular flexibility index (Phi) is 5.85. The normalized spacial score (nSPS) is 12.5. The van der Waals surface area contributed by atoms with Crippen molar-refractivity contribution in [3.05, 3.63) is 89.3 Å². The molecule has 1 aromatic heterocycles. The first-order chi connectivity index (χ1) is 12.6. The number of carbonyl (C=O) groups is 1. The summed E-state index contributed by atoms with van der Waals surface area (Å²) in [4.78, 5) is 12.3. The van der Waals surface area contributed by atoms with Crippen molar-refractivity contribution in [2.75, 3.05) is 6.54 Å². The lowest BCUT2D eigenvalue weighted by atomic mass is 10.1. The molecule has 0 saturated carbocycles. The van der Waals surface area contributed by atoms with Gasteiger partial charge in [0.2, 0.25) is 5.91 Å². The molecule has 26 heavy (non-hydrogen) atoms. The maximum absolute atomic E-state index is 13.0. The maximum Gasteiger partial charge on any atom is 0.224 e. The van der Waals surface area contributed by atoms with Crippen molar-refractivity contribution in [3.63, 3.8) is 0 Å². The van der Waals surface area contributed by atoms with Crippen LogP contribution in [0.5, 0.6) is 0 Å². The standard InChI is InChI=1S/C20H19NO3S2/c22-19(14-16-8-3-1-4-9-16)21-15-18(17-10-5-2-6-11-17)26(23,24)20-12-7-13-25-20/h1-13,18H,14-15H2,(H,21,22)/t18-/m1/s1. The molecule has 1 amide bonds. The van der Waals surface area contributed by atoms with Crippen molar-refractivity contribution >= 4 is 27.1 Å². The number of thiophene rings is 1. The smallest absolute Gasteiger partial charge is 0.224 e. The molecule has 0 aliphatic rings. The van der Waals surface area contributed by atoms with E-state index in [9.17, 15) is 13.2 Å². The molecule has 1 N–H and O–H groups in total. The topological polar surface area (TPSA) is 63.2 Å². The Morgan fingerprint density at radius 3 is 2.19 bits per heavy atom. The number of amides is 1. The zero-order valence-corrected chi connectivity index (χ0v) is 15.7. The summed E-state index contributed by atoms with van der Waals surface area (Å²) in [6.07, 6.45) is 0.224. The summed E-state index contributed by atoms with van der Waals surface area (Å²) in [7, 11) is -3.58. The van der Waals surface area contributed by atoms with Gasteiger partial charge in [-0.3, -0.25) is 4.79 Å². The van der Waals surface area contributed by atoms with Crippen LogP contribution in [0.4, 0.5) is 0 Å². The molecule has 1 atom stereocenters. The Labute approximate surface area is 157 Å². The number of sulfone groups is 1. The summed E-state index contributed by atoms with van der Waals surface area (Å²) in [5.74, 6) is -0.196. The van der Waals surface area contributed by atoms with E-state index in [1.54, 1.807) is 41.8 Å². The van der Waals surface area contributed by atoms with Crippen molar-refractivity contribution in [1.82, 2.24) is 5.32 Å². The Bertz CT molecular complexity index is 937. The minimum Gasteiger partial charge on any atom is -0.354 e. The fourth-order valence-electron chi connectivity index (χ4n) is 2.69. The molecule has 2 aromatic carbocycles. The highest BCUT2D eigenvalue weighted by Crippen LogP contribution is 2.31. The molecule has 3 rings (SSSR count). The molecule has 0 saturated heterocycles. The van der Waals surface area contributed by atoms with Gasteiger partial charge in [0.1, 0.15) is 9.46 Å². The Hall–Kier alpha value is -2.44. The minimum atomic E-state index is -3.58. The SMILES string of the molecule is O=C(Cc1ccccc1)NC[C@H](c1ccccc1)S(=O)(=O)c1cccs1. The third-order valence-electron chi connectivity index (χ3n) is 4.01. The molecule has 6 heteroatoms. The number of hydrogen-bond donors (Lipinski definition) is 1. The van der Waals surface area contributed by atoms with Gasteiger partial charge in [-0.15, -0.1) is 11.3 Å². The Morgan fingerprint density at radius 2 is 1.58 bits per heavy atom. The van der Waals surface area contributed by atoms with Gasteiger partial charge >= 0.3 is 0 Å². The number of rotatable bonds is 7. The molecule has 0 bridgehead atoms. The van der Waals surface area contributed by atoms with Crippen LogP contribution in [-0.4, -0.2) is 20.9 Å². The first-order valence-electron chi connectivity index (χ1n) is 8.20. The first-order valence-corrected chi connectivity index (χ1v) is 10.6. The van der Waals surface area contributed by atoms with E-state index in [0.717, 1.165) is 5.56 Å². The second-order valence-corrected chi connectivity index (χ2v) is 9.15. The third-order valence-corrected chi connectivity index (χ3v) is 7.55. The van der Waals surface area contributed by atoms with Crippen molar-refractivity contribution in [2.24, 2.45) is 0 Å². The predicted molar refractivity (Wildman–Crippen MR) is 104 cm³/mol. The second kappa shape index (κ2) is 8.29. The van der Waals surface area contributed by atoms with Gasteiger partial charge in [0.05, 0.1) is 6.42 Å². The fourth-order valence-corrected chi connectivity index (χ4v) is 5.56. The van der Waals surface area contributed by atoms with E-state index in [2.05, 4.69) is 5.32 Å². The minimum absolute atomic E-state index is 0.0376. The number of benzene rings is 2. The van der Waals surface area contributed by atoms with Gasteiger partial charge in [0, 0.05) is 6.54 Å². The Balaban J connectivity index is 1.78. The van der Waals surface area contributed by atoms with Gasteiger partial charge in [-0.2, -0.15) is 0 Å². The van der Waals surface area contributed by atoms with Crippen molar-refractivity contribution in [1.29, 1.82) is 0 Å². The lowest BCUT2D eigenvalue weighted by molar-refractivity contribution is -0.120. The number of hydrogen-bond acceptors (Lipinski definition) is 4. The summed E-state index contributed by atoms with van der Waals surface area (Å²) >= 11 is 1.19. The second-order valence-electron chi connectivity index (χ2n) is 5.84. The van der Waals surface area contributed by atoms with Gasteiger partial charge in [0.15, 0.2) is 9.84 Å². The summed E-state index contributed by atoms with van der Waals surface area (Å²) in [5, 5.41) is 3.71. The molecule has 0 unspecified atom stereocenters. The molecule has 0 spiro atoms. The first kappa shape index (κ1) is 18.4. The van der Waals surface area contributed by atoms with Gasteiger partial charge < -0.3 is 5.32 Å². The van der Waals surface area contributed by atoms with Crippen LogP contribution in [0, 0.1) is 0 Å². The molecule has 0 fully saturated rings. The molecule has 1 heterocycles. The van der Waals surface area contributed by atoms with E-state index in [-0.39, 0.29) is 18.9 Å². The quantitative estimate of drug-likeness (QED) is 0.676. The largest absolute Gasteiger partial charge is 0.354 e. The molecule has 3 aromatic rings. The van der Waals surface area contributed by atoms with Crippen LogP contribution in [-0.2, 0) is 21.1 Å². The van der Waals surface area contributed by atoms with Crippen LogP contribution >= 0.6 is 11.3 Å². The van der Waals surface area contributed by atoms with E-state index in [4.69, 9.17) is 0 Å². The van der Waals surface area contributed by atoms with E-state index in [0.29, 0.717) is 9.77 Å². The summed E-state index contributed by atoms with van der Waals surface area (Å²) in [6, 6.07) is 21.7. The zero-order valence-electron chi connectivity index (χ0n) is 14.0. The molecular formula is C20H19NO3S2. The van der Waals surface area contributed by atoms with Crippen LogP contribution in [0.15, 0.2) is 82.4 Å². The van der Waals surface area contributed by atoms with Gasteiger partial charge in [-0.25, -0.2) is 8.42 Å². The molecule has 4 nitrogen and oxygen atoms in total. The fraction of sp³-hybridized carbons (Fsp3) is 0.150. The molecule has 0 radical (unpaired) electrons. The van der Waals surface area contributed by atoms with Crippen molar-refractivity contribution in [2.45, 2.75) is 15.9 Å². The number of carbonyl (C=O) groups excluding carboxylic acids is 1. The van der Waals surface area contributed by atoms with Crippen molar-refractivity contribution < 1.29 is 13.2 Å². The van der Waals surface area contributed by atoms with Gasteiger partial charge in [-0.1, -0.05) is 66.7 Å². The molecule has 0 aliphatic carbocycles. The van der Waals surface area contributed by atoms with Gasteiger partial charge in [-0.05, 0) is 22.6 Å². The molecule has 0 aliphatic heterocycles. The van der Waals surface area contributed by atoms with Crippen LogP contribution in [0.25, 0.3) is 0 Å². The highest BCUT2D eigenvalue weighted by Gasteiger charge is 2.30. The highest BCUT2D eigenvalue weighted by atomic mass is 32.2. The van der Waals surface area contributed by atoms with Gasteiger partial charge in [0.25, 0.3) is 0 Å².